The molecule has 2 aromatic heterocycles. The van der Waals surface area contributed by atoms with Crippen LogP contribution in [0.3, 0.4) is 0 Å². The van der Waals surface area contributed by atoms with Gasteiger partial charge in [0.25, 0.3) is 11.8 Å². The van der Waals surface area contributed by atoms with Crippen LogP contribution in [0.2, 0.25) is 0 Å². The Hall–Kier alpha value is -4.53. The lowest BCUT2D eigenvalue weighted by molar-refractivity contribution is -0.124. The molecule has 5 rings (SSSR count). The second kappa shape index (κ2) is 13.2. The third-order valence-electron chi connectivity index (χ3n) is 7.66. The smallest absolute Gasteiger partial charge is 0.266 e. The number of aromatic amines is 1. The number of carbonyl (C=O) groups is 3. The molecule has 0 spiro atoms. The minimum absolute atomic E-state index is 0.0642. The number of para-hydroxylation sites is 2. The first-order chi connectivity index (χ1) is 20.0. The van der Waals surface area contributed by atoms with Crippen LogP contribution in [0.4, 0.5) is 0 Å². The number of H-pyrrole nitrogens is 1. The van der Waals surface area contributed by atoms with Crippen LogP contribution in [0.25, 0.3) is 11.1 Å². The molecule has 0 unspecified atom stereocenters. The molecule has 3 N–H and O–H groups in total. The van der Waals surface area contributed by atoms with Crippen molar-refractivity contribution in [2.45, 2.75) is 63.5 Å². The van der Waals surface area contributed by atoms with Gasteiger partial charge in [-0.15, -0.1) is 0 Å². The number of hydrogen-bond donors (Lipinski definition) is 3. The van der Waals surface area contributed by atoms with E-state index in [2.05, 4.69) is 20.6 Å². The topological polar surface area (TPSA) is 134 Å². The minimum atomic E-state index is -0.908. The molecular weight excluding hydrogens is 520 g/mol. The van der Waals surface area contributed by atoms with Crippen LogP contribution in [0, 0.1) is 5.92 Å². The molecule has 212 valence electrons. The highest BCUT2D eigenvalue weighted by Gasteiger charge is 2.32. The Labute approximate surface area is 237 Å². The lowest BCUT2D eigenvalue weighted by Crippen LogP contribution is -2.52. The summed E-state index contributed by atoms with van der Waals surface area (Å²) in [4.78, 5) is 58.8. The first-order valence-corrected chi connectivity index (χ1v) is 14.2. The maximum atomic E-state index is 13.8. The first kappa shape index (κ1) is 28.0. The number of fused-ring (bicyclic) bond motifs is 1. The maximum Gasteiger partial charge on any atom is 0.266 e. The number of ketones is 1. The van der Waals surface area contributed by atoms with Gasteiger partial charge in [0.2, 0.25) is 17.2 Å². The van der Waals surface area contributed by atoms with Gasteiger partial charge in [0.1, 0.15) is 11.6 Å². The number of Topliss-reactive ketones (excluding diaryl/α,β-unsaturated/α-hetero) is 1. The first-order valence-electron chi connectivity index (χ1n) is 14.2. The highest BCUT2D eigenvalue weighted by molar-refractivity contribution is 6.02. The molecule has 1 aliphatic carbocycles. The van der Waals surface area contributed by atoms with Gasteiger partial charge in [-0.3, -0.25) is 19.2 Å². The van der Waals surface area contributed by atoms with Crippen molar-refractivity contribution in [3.63, 3.8) is 0 Å². The van der Waals surface area contributed by atoms with Crippen molar-refractivity contribution in [1.82, 2.24) is 20.6 Å². The highest BCUT2D eigenvalue weighted by Crippen LogP contribution is 2.28. The zero-order chi connectivity index (χ0) is 28.6. The van der Waals surface area contributed by atoms with Gasteiger partial charge < -0.3 is 20.0 Å². The second-order valence-electron chi connectivity index (χ2n) is 10.6. The van der Waals surface area contributed by atoms with E-state index in [1.165, 1.54) is 18.3 Å². The molecule has 0 bridgehead atoms. The zero-order valence-corrected chi connectivity index (χ0v) is 22.8. The molecule has 0 aliphatic heterocycles. The molecule has 4 aromatic rings. The molecule has 9 heteroatoms. The fourth-order valence-electron chi connectivity index (χ4n) is 5.40. The fourth-order valence-corrected chi connectivity index (χ4v) is 5.40. The van der Waals surface area contributed by atoms with Gasteiger partial charge in [-0.05, 0) is 48.9 Å². The second-order valence-corrected chi connectivity index (χ2v) is 10.6. The molecule has 2 atom stereocenters. The number of benzene rings is 2. The van der Waals surface area contributed by atoms with Gasteiger partial charge in [-0.1, -0.05) is 74.6 Å². The van der Waals surface area contributed by atoms with Crippen LogP contribution >= 0.6 is 0 Å². The lowest BCUT2D eigenvalue weighted by Gasteiger charge is -2.28. The van der Waals surface area contributed by atoms with Crippen LogP contribution < -0.4 is 16.2 Å². The average Bonchev–Trinajstić information content (AvgIpc) is 3.44. The summed E-state index contributed by atoms with van der Waals surface area (Å²) < 4.78 is 5.75. The molecule has 2 heterocycles. The molecule has 1 fully saturated rings. The van der Waals surface area contributed by atoms with E-state index >= 15 is 0 Å². The fraction of sp³-hybridized carbons (Fsp3) is 0.344. The molecule has 1 saturated carbocycles. The summed E-state index contributed by atoms with van der Waals surface area (Å²) in [5, 5.41) is 5.78. The summed E-state index contributed by atoms with van der Waals surface area (Å²) in [6.45, 7) is 0. The summed E-state index contributed by atoms with van der Waals surface area (Å²) in [6, 6.07) is 17.8. The summed E-state index contributed by atoms with van der Waals surface area (Å²) in [5.41, 5.74) is 2.01. The minimum Gasteiger partial charge on any atom is -0.434 e. The van der Waals surface area contributed by atoms with Gasteiger partial charge in [-0.25, -0.2) is 4.98 Å². The Bertz CT molecular complexity index is 1500. The van der Waals surface area contributed by atoms with Crippen molar-refractivity contribution in [1.29, 1.82) is 0 Å². The van der Waals surface area contributed by atoms with Crippen LogP contribution in [0.15, 0.2) is 82.1 Å². The summed E-state index contributed by atoms with van der Waals surface area (Å²) in [7, 11) is 0. The van der Waals surface area contributed by atoms with E-state index in [1.807, 2.05) is 36.4 Å². The Morgan fingerprint density at radius 1 is 0.902 bits per heavy atom. The van der Waals surface area contributed by atoms with Crippen LogP contribution in [0.1, 0.15) is 71.6 Å². The third-order valence-corrected chi connectivity index (χ3v) is 7.66. The normalized spacial score (nSPS) is 15.2. The maximum absolute atomic E-state index is 13.8. The monoisotopic (exact) mass is 554 g/mol. The van der Waals surface area contributed by atoms with E-state index in [9.17, 15) is 19.2 Å². The zero-order valence-electron chi connectivity index (χ0n) is 22.8. The molecule has 2 aromatic carbocycles. The standard InChI is InChI=1S/C32H34N4O5/c37-28-18-16-23(20-33-28)30(39)35-26(19-22-11-5-2-6-12-22)31(40)34-25(17-15-21-9-3-1-4-10-21)29(38)32-36-24-13-7-8-14-27(24)41-32/h1,3-4,7-10,13-14,16,18,20,22,25-26H,2,5-6,11-12,15,17,19H2,(H,33,37)(H,34,40)(H,35,39)/t25-,26-/m0/s1. The summed E-state index contributed by atoms with van der Waals surface area (Å²) in [6.07, 6.45) is 7.97. The summed E-state index contributed by atoms with van der Waals surface area (Å²) >= 11 is 0. The number of aryl methyl sites for hydroxylation is 1. The largest absolute Gasteiger partial charge is 0.434 e. The number of hydrogen-bond acceptors (Lipinski definition) is 6. The number of nitrogens with zero attached hydrogens (tertiary/aromatic N) is 1. The predicted octanol–water partition coefficient (Wildman–Crippen LogP) is 4.59. The molecule has 1 aliphatic rings. The van der Waals surface area contributed by atoms with Crippen LogP contribution in [-0.4, -0.2) is 39.6 Å². The average molecular weight is 555 g/mol. The number of oxazole rings is 1. The van der Waals surface area contributed by atoms with Gasteiger partial charge in [0, 0.05) is 12.3 Å². The van der Waals surface area contributed by atoms with Crippen molar-refractivity contribution >= 4 is 28.7 Å². The van der Waals surface area contributed by atoms with Crippen LogP contribution in [0.5, 0.6) is 0 Å². The lowest BCUT2D eigenvalue weighted by atomic mass is 9.84. The van der Waals surface area contributed by atoms with Crippen molar-refractivity contribution < 1.29 is 18.8 Å². The number of rotatable bonds is 11. The van der Waals surface area contributed by atoms with Gasteiger partial charge in [0.15, 0.2) is 5.58 Å². The number of carbonyl (C=O) groups excluding carboxylic acids is 3. The highest BCUT2D eigenvalue weighted by atomic mass is 16.4. The molecule has 0 radical (unpaired) electrons. The predicted molar refractivity (Wildman–Crippen MR) is 155 cm³/mol. The molecule has 41 heavy (non-hydrogen) atoms. The van der Waals surface area contributed by atoms with Gasteiger partial charge in [0.05, 0.1) is 11.6 Å². The van der Waals surface area contributed by atoms with Crippen molar-refractivity contribution in [3.8, 4) is 0 Å². The van der Waals surface area contributed by atoms with E-state index in [0.29, 0.717) is 30.4 Å². The summed E-state index contributed by atoms with van der Waals surface area (Å²) in [5.74, 6) is -1.11. The molecule has 0 saturated heterocycles. The van der Waals surface area contributed by atoms with E-state index < -0.39 is 29.7 Å². The van der Waals surface area contributed by atoms with E-state index in [4.69, 9.17) is 4.42 Å². The Morgan fingerprint density at radius 3 is 2.39 bits per heavy atom. The van der Waals surface area contributed by atoms with Crippen molar-refractivity contribution in [3.05, 3.63) is 100 Å². The Balaban J connectivity index is 1.37. The number of amides is 2. The van der Waals surface area contributed by atoms with Crippen LogP contribution in [-0.2, 0) is 11.2 Å². The Morgan fingerprint density at radius 2 is 1.66 bits per heavy atom. The molecule has 2 amide bonds. The number of aromatic nitrogens is 2. The Kier molecular flexibility index (Phi) is 9.03. The molecular formula is C32H34N4O5. The SMILES string of the molecule is O=C(N[C@@H](CC1CCCCC1)C(=O)N[C@@H](CCc1ccccc1)C(=O)c1nc2ccccc2o1)c1ccc(=O)[nH]c1. The van der Waals surface area contributed by atoms with Crippen molar-refractivity contribution in [2.75, 3.05) is 0 Å². The van der Waals surface area contributed by atoms with Gasteiger partial charge >= 0.3 is 0 Å². The number of nitrogens with one attached hydrogen (secondary N) is 3. The van der Waals surface area contributed by atoms with E-state index in [1.54, 1.807) is 18.2 Å². The molecule has 9 nitrogen and oxygen atoms in total. The number of pyridine rings is 1. The van der Waals surface area contributed by atoms with E-state index in [-0.39, 0.29) is 22.9 Å². The van der Waals surface area contributed by atoms with E-state index in [0.717, 1.165) is 37.7 Å². The van der Waals surface area contributed by atoms with Gasteiger partial charge in [-0.2, -0.15) is 0 Å². The van der Waals surface area contributed by atoms with Crippen molar-refractivity contribution in [2.24, 2.45) is 5.92 Å². The third kappa shape index (κ3) is 7.36. The quantitative estimate of drug-likeness (QED) is 0.232.